The highest BCUT2D eigenvalue weighted by Gasteiger charge is 2.35. The second-order valence-electron chi connectivity index (χ2n) is 5.25. The lowest BCUT2D eigenvalue weighted by Gasteiger charge is -2.38. The lowest BCUT2D eigenvalue weighted by atomic mass is 10.0. The third kappa shape index (κ3) is 3.17. The molecule has 5 heteroatoms. The van der Waals surface area contributed by atoms with Gasteiger partial charge in [0.05, 0.1) is 0 Å². The van der Waals surface area contributed by atoms with Crippen molar-refractivity contribution in [3.05, 3.63) is 35.4 Å². The molecule has 0 aliphatic carbocycles. The molecule has 1 aromatic rings. The first-order chi connectivity index (χ1) is 10.1. The van der Waals surface area contributed by atoms with Crippen molar-refractivity contribution in [1.82, 2.24) is 15.1 Å². The number of rotatable bonds is 3. The summed E-state index contributed by atoms with van der Waals surface area (Å²) in [6.45, 7) is 8.25. The second kappa shape index (κ2) is 6.61. The van der Waals surface area contributed by atoms with Crippen LogP contribution in [0.5, 0.6) is 0 Å². The average Bonchev–Trinajstić information content (AvgIpc) is 2.49. The van der Waals surface area contributed by atoms with E-state index in [1.165, 1.54) is 0 Å². The molecule has 0 saturated carbocycles. The summed E-state index contributed by atoms with van der Waals surface area (Å²) in [7, 11) is 0. The summed E-state index contributed by atoms with van der Waals surface area (Å²) in [5, 5.41) is 2.85. The molecule has 2 rings (SSSR count). The standard InChI is InChI=1S/C16H23N3O2/c1-4-18(5-2)16(21)19-11-10-17-15(20)14(19)13-8-6-12(3)7-9-13/h6-9,14H,4-5,10-11H2,1-3H3,(H,17,20). The SMILES string of the molecule is CCN(CC)C(=O)N1CCNC(=O)C1c1ccc(C)cc1. The maximum absolute atomic E-state index is 12.6. The van der Waals surface area contributed by atoms with Crippen molar-refractivity contribution in [1.29, 1.82) is 0 Å². The van der Waals surface area contributed by atoms with Crippen LogP contribution in [0.3, 0.4) is 0 Å². The van der Waals surface area contributed by atoms with Gasteiger partial charge >= 0.3 is 6.03 Å². The van der Waals surface area contributed by atoms with Gasteiger partial charge in [-0.1, -0.05) is 29.8 Å². The van der Waals surface area contributed by atoms with Gasteiger partial charge < -0.3 is 15.1 Å². The Labute approximate surface area is 125 Å². The molecule has 1 atom stereocenters. The van der Waals surface area contributed by atoms with Crippen molar-refractivity contribution in [3.8, 4) is 0 Å². The fourth-order valence-electron chi connectivity index (χ4n) is 2.63. The van der Waals surface area contributed by atoms with Crippen molar-refractivity contribution in [3.63, 3.8) is 0 Å². The maximum Gasteiger partial charge on any atom is 0.321 e. The topological polar surface area (TPSA) is 52.7 Å². The number of hydrogen-bond acceptors (Lipinski definition) is 2. The molecule has 5 nitrogen and oxygen atoms in total. The van der Waals surface area contributed by atoms with Crippen molar-refractivity contribution < 1.29 is 9.59 Å². The fraction of sp³-hybridized carbons (Fsp3) is 0.500. The molecule has 1 saturated heterocycles. The molecule has 1 unspecified atom stereocenters. The van der Waals surface area contributed by atoms with E-state index in [0.29, 0.717) is 26.2 Å². The Kier molecular flexibility index (Phi) is 4.83. The van der Waals surface area contributed by atoms with Crippen LogP contribution < -0.4 is 5.32 Å². The number of hydrogen-bond donors (Lipinski definition) is 1. The van der Waals surface area contributed by atoms with Crippen LogP contribution in [0.4, 0.5) is 4.79 Å². The van der Waals surface area contributed by atoms with Crippen molar-refractivity contribution in [2.45, 2.75) is 26.8 Å². The van der Waals surface area contributed by atoms with Crippen LogP contribution in [0.15, 0.2) is 24.3 Å². The van der Waals surface area contributed by atoms with Gasteiger partial charge in [0.1, 0.15) is 6.04 Å². The molecular weight excluding hydrogens is 266 g/mol. The van der Waals surface area contributed by atoms with E-state index in [-0.39, 0.29) is 11.9 Å². The number of amides is 3. The molecule has 1 N–H and O–H groups in total. The van der Waals surface area contributed by atoms with E-state index in [0.717, 1.165) is 11.1 Å². The largest absolute Gasteiger partial charge is 0.352 e. The first kappa shape index (κ1) is 15.4. The van der Waals surface area contributed by atoms with E-state index in [1.807, 2.05) is 45.0 Å². The number of nitrogens with one attached hydrogen (secondary N) is 1. The molecule has 1 aliphatic heterocycles. The summed E-state index contributed by atoms with van der Waals surface area (Å²) in [6, 6.07) is 7.18. The van der Waals surface area contributed by atoms with Gasteiger partial charge in [0.2, 0.25) is 5.91 Å². The lowest BCUT2D eigenvalue weighted by molar-refractivity contribution is -0.128. The summed E-state index contributed by atoms with van der Waals surface area (Å²) in [6.07, 6.45) is 0. The fourth-order valence-corrected chi connectivity index (χ4v) is 2.63. The smallest absolute Gasteiger partial charge is 0.321 e. The highest BCUT2D eigenvalue weighted by Crippen LogP contribution is 2.24. The molecule has 114 valence electrons. The van der Waals surface area contributed by atoms with Crippen LogP contribution >= 0.6 is 0 Å². The van der Waals surface area contributed by atoms with E-state index in [9.17, 15) is 9.59 Å². The van der Waals surface area contributed by atoms with Crippen LogP contribution in [-0.4, -0.2) is 47.9 Å². The molecule has 3 amide bonds. The van der Waals surface area contributed by atoms with Gasteiger partial charge in [-0.25, -0.2) is 4.79 Å². The molecule has 1 aromatic carbocycles. The third-order valence-electron chi connectivity index (χ3n) is 3.88. The maximum atomic E-state index is 12.6. The molecular formula is C16H23N3O2. The molecule has 0 aromatic heterocycles. The van der Waals surface area contributed by atoms with Crippen molar-refractivity contribution in [2.75, 3.05) is 26.2 Å². The number of nitrogens with zero attached hydrogens (tertiary/aromatic N) is 2. The van der Waals surface area contributed by atoms with Gasteiger partial charge in [0.25, 0.3) is 0 Å². The van der Waals surface area contributed by atoms with Crippen LogP contribution in [-0.2, 0) is 4.79 Å². The van der Waals surface area contributed by atoms with E-state index in [2.05, 4.69) is 5.32 Å². The summed E-state index contributed by atoms with van der Waals surface area (Å²) >= 11 is 0. The number of aryl methyl sites for hydroxylation is 1. The number of benzene rings is 1. The second-order valence-corrected chi connectivity index (χ2v) is 5.25. The molecule has 0 bridgehead atoms. The predicted octanol–water partition coefficient (Wildman–Crippen LogP) is 1.93. The zero-order chi connectivity index (χ0) is 15.4. The minimum atomic E-state index is -0.535. The van der Waals surface area contributed by atoms with E-state index in [4.69, 9.17) is 0 Å². The van der Waals surface area contributed by atoms with E-state index in [1.54, 1.807) is 9.80 Å². The Morgan fingerprint density at radius 3 is 2.48 bits per heavy atom. The first-order valence-corrected chi connectivity index (χ1v) is 7.48. The van der Waals surface area contributed by atoms with Crippen LogP contribution in [0.25, 0.3) is 0 Å². The monoisotopic (exact) mass is 289 g/mol. The van der Waals surface area contributed by atoms with Crippen molar-refractivity contribution >= 4 is 11.9 Å². The summed E-state index contributed by atoms with van der Waals surface area (Å²) < 4.78 is 0. The summed E-state index contributed by atoms with van der Waals surface area (Å²) in [5.74, 6) is -0.106. The number of piperazine rings is 1. The number of carbonyl (C=O) groups is 2. The van der Waals surface area contributed by atoms with Gasteiger partial charge in [-0.05, 0) is 26.3 Å². The summed E-state index contributed by atoms with van der Waals surface area (Å²) in [4.78, 5) is 28.3. The molecule has 21 heavy (non-hydrogen) atoms. The Bertz CT molecular complexity index is 509. The van der Waals surface area contributed by atoms with Gasteiger partial charge in [-0.3, -0.25) is 4.79 Å². The third-order valence-corrected chi connectivity index (χ3v) is 3.88. The minimum absolute atomic E-state index is 0.0691. The first-order valence-electron chi connectivity index (χ1n) is 7.48. The van der Waals surface area contributed by atoms with Gasteiger partial charge in [0, 0.05) is 26.2 Å². The van der Waals surface area contributed by atoms with Crippen LogP contribution in [0.2, 0.25) is 0 Å². The Hall–Kier alpha value is -2.04. The van der Waals surface area contributed by atoms with Gasteiger partial charge in [0.15, 0.2) is 0 Å². The normalized spacial score (nSPS) is 18.3. The predicted molar refractivity (Wildman–Crippen MR) is 82.0 cm³/mol. The molecule has 0 radical (unpaired) electrons. The van der Waals surface area contributed by atoms with Crippen LogP contribution in [0, 0.1) is 6.92 Å². The quantitative estimate of drug-likeness (QED) is 0.924. The Balaban J connectivity index is 2.31. The molecule has 0 spiro atoms. The average molecular weight is 289 g/mol. The molecule has 1 fully saturated rings. The zero-order valence-corrected chi connectivity index (χ0v) is 12.9. The highest BCUT2D eigenvalue weighted by atomic mass is 16.2. The number of urea groups is 1. The summed E-state index contributed by atoms with van der Waals surface area (Å²) in [5.41, 5.74) is 2.00. The Morgan fingerprint density at radius 1 is 1.29 bits per heavy atom. The van der Waals surface area contributed by atoms with E-state index >= 15 is 0 Å². The highest BCUT2D eigenvalue weighted by molar-refractivity contribution is 5.89. The number of carbonyl (C=O) groups excluding carboxylic acids is 2. The van der Waals surface area contributed by atoms with Crippen LogP contribution in [0.1, 0.15) is 31.0 Å². The molecule has 1 heterocycles. The lowest BCUT2D eigenvalue weighted by Crippen LogP contribution is -2.55. The molecule has 1 aliphatic rings. The Morgan fingerprint density at radius 2 is 1.90 bits per heavy atom. The van der Waals surface area contributed by atoms with Gasteiger partial charge in [-0.2, -0.15) is 0 Å². The van der Waals surface area contributed by atoms with Crippen molar-refractivity contribution in [2.24, 2.45) is 0 Å². The minimum Gasteiger partial charge on any atom is -0.352 e. The van der Waals surface area contributed by atoms with Gasteiger partial charge in [-0.15, -0.1) is 0 Å². The van der Waals surface area contributed by atoms with E-state index < -0.39 is 6.04 Å². The zero-order valence-electron chi connectivity index (χ0n) is 12.9.